The Morgan fingerprint density at radius 3 is 3.00 bits per heavy atom. The van der Waals surface area contributed by atoms with Crippen LogP contribution in [0.1, 0.15) is 15.8 Å². The van der Waals surface area contributed by atoms with Gasteiger partial charge in [0.15, 0.2) is 5.82 Å². The third kappa shape index (κ3) is 4.06. The number of hydrogen-bond acceptors (Lipinski definition) is 5. The minimum absolute atomic E-state index is 0.0299. The van der Waals surface area contributed by atoms with Gasteiger partial charge in [0.1, 0.15) is 5.52 Å². The fourth-order valence-electron chi connectivity index (χ4n) is 2.40. The minimum Gasteiger partial charge on any atom is -0.394 e. The number of aryl methyl sites for hydroxylation is 1. The Bertz CT molecular complexity index is 1170. The van der Waals surface area contributed by atoms with Gasteiger partial charge in [-0.25, -0.2) is 14.9 Å². The average molecular weight is 464 g/mol. The van der Waals surface area contributed by atoms with Crippen molar-refractivity contribution in [3.63, 3.8) is 0 Å². The number of benzene rings is 2. The summed E-state index contributed by atoms with van der Waals surface area (Å²) in [5, 5.41) is 12.2. The van der Waals surface area contributed by atoms with Crippen LogP contribution in [-0.4, -0.2) is 33.7 Å². The van der Waals surface area contributed by atoms with E-state index in [9.17, 15) is 9.90 Å². The molecule has 0 fully saturated rings. The second kappa shape index (κ2) is 8.22. The van der Waals surface area contributed by atoms with E-state index in [1.165, 1.54) is 17.0 Å². The molecule has 1 aromatic heterocycles. The van der Waals surface area contributed by atoms with Gasteiger partial charge in [0.05, 0.1) is 52.4 Å². The van der Waals surface area contributed by atoms with E-state index in [1.54, 1.807) is 30.7 Å². The van der Waals surface area contributed by atoms with Crippen molar-refractivity contribution in [3.8, 4) is 0 Å². The van der Waals surface area contributed by atoms with Crippen molar-refractivity contribution in [3.05, 3.63) is 51.5 Å². The molecule has 0 spiro atoms. The van der Waals surface area contributed by atoms with Gasteiger partial charge in [0, 0.05) is 11.5 Å². The number of aromatic nitrogens is 2. The van der Waals surface area contributed by atoms with Crippen molar-refractivity contribution >= 4 is 55.8 Å². The van der Waals surface area contributed by atoms with Crippen molar-refractivity contribution < 1.29 is 24.6 Å². The van der Waals surface area contributed by atoms with Gasteiger partial charge < -0.3 is 15.0 Å². The maximum Gasteiger partial charge on any atom is 0.277 e. The zero-order valence-corrected chi connectivity index (χ0v) is 16.0. The van der Waals surface area contributed by atoms with Crippen LogP contribution in [0.4, 0.5) is 15.8 Å². The molecule has 0 unspecified atom stereocenters. The van der Waals surface area contributed by atoms with Crippen LogP contribution in [0.2, 0.25) is 5.02 Å². The SMILES string of the molecule is [2H][13C]([2H])(O)[13C]([2H])([2H])ONC(=O)c1cc2c(ncn2C)c(F)c1Nc1ccc(Br)cc1Cl. The number of rotatable bonds is 6. The van der Waals surface area contributed by atoms with Crippen molar-refractivity contribution in [1.82, 2.24) is 15.0 Å². The Balaban J connectivity index is 2.05. The molecule has 1 heterocycles. The summed E-state index contributed by atoms with van der Waals surface area (Å²) in [6, 6.07) is 6.04. The molecular formula is C17H15BrClFN4O3. The van der Waals surface area contributed by atoms with E-state index in [0.717, 1.165) is 0 Å². The molecule has 0 aliphatic heterocycles. The number of hydroxylamine groups is 1. The number of aliphatic hydroxyl groups is 1. The standard InChI is InChI=1S/C17H15BrClFN4O3/c1-24-8-21-16-13(24)7-10(17(26)23-27-5-4-25)15(14(16)20)22-12-3-2-9(18)6-11(12)19/h2-3,6-8,22,25H,4-5H2,1H3,(H,23,26)/i4+1D2,5+1D2. The number of nitrogens with zero attached hydrogens (tertiary/aromatic N) is 2. The summed E-state index contributed by atoms with van der Waals surface area (Å²) in [4.78, 5) is 21.1. The molecule has 7 nitrogen and oxygen atoms in total. The van der Waals surface area contributed by atoms with Crippen LogP contribution in [0.25, 0.3) is 11.0 Å². The molecule has 0 aliphatic rings. The number of carbonyl (C=O) groups is 1. The molecular weight excluding hydrogens is 445 g/mol. The fraction of sp³-hybridized carbons (Fsp3) is 0.176. The van der Waals surface area contributed by atoms with Crippen molar-refractivity contribution in [2.24, 2.45) is 7.05 Å². The summed E-state index contributed by atoms with van der Waals surface area (Å²) in [5.74, 6) is -1.98. The van der Waals surface area contributed by atoms with Crippen molar-refractivity contribution in [1.29, 1.82) is 0 Å². The lowest BCUT2D eigenvalue weighted by Gasteiger charge is -2.15. The minimum atomic E-state index is -3.41. The van der Waals surface area contributed by atoms with Crippen LogP contribution in [-0.2, 0) is 11.9 Å². The highest BCUT2D eigenvalue weighted by molar-refractivity contribution is 9.10. The molecule has 0 atom stereocenters. The topological polar surface area (TPSA) is 88.4 Å². The lowest BCUT2D eigenvalue weighted by molar-refractivity contribution is 0.0169. The zero-order valence-electron chi connectivity index (χ0n) is 17.7. The van der Waals surface area contributed by atoms with Gasteiger partial charge in [-0.2, -0.15) is 0 Å². The number of hydrogen-bond donors (Lipinski definition) is 3. The van der Waals surface area contributed by atoms with Crippen molar-refractivity contribution in [2.45, 2.75) is 0 Å². The molecule has 3 aromatic rings. The number of nitrogens with one attached hydrogen (secondary N) is 2. The molecule has 3 N–H and O–H groups in total. The molecule has 142 valence electrons. The Hall–Kier alpha value is -2.20. The normalized spacial score (nSPS) is 14.3. The quantitative estimate of drug-likeness (QED) is 0.384. The number of amides is 1. The molecule has 0 saturated heterocycles. The first-order valence-electron chi connectivity index (χ1n) is 9.38. The number of halogens is 3. The zero-order chi connectivity index (χ0) is 23.1. The van der Waals surface area contributed by atoms with Crippen LogP contribution in [0, 0.1) is 5.82 Å². The largest absolute Gasteiger partial charge is 0.394 e. The predicted octanol–water partition coefficient (Wildman–Crippen LogP) is 3.53. The lowest BCUT2D eigenvalue weighted by Crippen LogP contribution is -2.26. The number of fused-ring (bicyclic) bond motifs is 1. The Labute approximate surface area is 172 Å². The van der Waals surface area contributed by atoms with E-state index in [2.05, 4.69) is 31.1 Å². The van der Waals surface area contributed by atoms with E-state index in [0.29, 0.717) is 4.47 Å². The first-order chi connectivity index (χ1) is 14.3. The maximum absolute atomic E-state index is 15.3. The number of anilines is 2. The monoisotopic (exact) mass is 462 g/mol. The summed E-state index contributed by atoms with van der Waals surface area (Å²) in [7, 11) is 1.59. The molecule has 1 amide bonds. The van der Waals surface area contributed by atoms with Crippen LogP contribution in [0.15, 0.2) is 35.1 Å². The van der Waals surface area contributed by atoms with Gasteiger partial charge in [-0.1, -0.05) is 27.5 Å². The highest BCUT2D eigenvalue weighted by atomic mass is 79.9. The highest BCUT2D eigenvalue weighted by Gasteiger charge is 2.22. The van der Waals surface area contributed by atoms with Crippen LogP contribution in [0.3, 0.4) is 0 Å². The molecule has 10 heteroatoms. The molecule has 2 aromatic carbocycles. The Kier molecular flexibility index (Phi) is 4.51. The third-order valence-electron chi connectivity index (χ3n) is 3.64. The van der Waals surface area contributed by atoms with E-state index >= 15 is 4.39 Å². The van der Waals surface area contributed by atoms with Gasteiger partial charge in [0.25, 0.3) is 5.91 Å². The van der Waals surface area contributed by atoms with Gasteiger partial charge in [-0.05, 0) is 24.3 Å². The molecule has 0 saturated carbocycles. The van der Waals surface area contributed by atoms with Crippen LogP contribution in [0.5, 0.6) is 0 Å². The van der Waals surface area contributed by atoms with Gasteiger partial charge in [0.2, 0.25) is 0 Å². The van der Waals surface area contributed by atoms with Crippen molar-refractivity contribution in [2.75, 3.05) is 18.4 Å². The summed E-state index contributed by atoms with van der Waals surface area (Å²) in [6.45, 7) is -6.69. The van der Waals surface area contributed by atoms with Gasteiger partial charge in [-0.3, -0.25) is 9.63 Å². The predicted molar refractivity (Wildman–Crippen MR) is 104 cm³/mol. The first-order valence-corrected chi connectivity index (χ1v) is 8.55. The maximum atomic E-state index is 15.3. The van der Waals surface area contributed by atoms with E-state index in [4.69, 9.17) is 17.1 Å². The first kappa shape index (κ1) is 14.8. The molecule has 0 aliphatic carbocycles. The Morgan fingerprint density at radius 2 is 2.30 bits per heavy atom. The second-order valence-corrected chi connectivity index (χ2v) is 6.66. The second-order valence-electron chi connectivity index (χ2n) is 5.33. The number of carbonyl (C=O) groups excluding carboxylic acids is 1. The third-order valence-corrected chi connectivity index (χ3v) is 4.44. The van der Waals surface area contributed by atoms with E-state index in [1.807, 2.05) is 0 Å². The highest BCUT2D eigenvalue weighted by Crippen LogP contribution is 2.34. The summed E-state index contributed by atoms with van der Waals surface area (Å²) in [6.07, 6.45) is 1.35. The van der Waals surface area contributed by atoms with Gasteiger partial charge in [-0.15, -0.1) is 0 Å². The summed E-state index contributed by atoms with van der Waals surface area (Å²) < 4.78 is 46.2. The summed E-state index contributed by atoms with van der Waals surface area (Å²) in [5.41, 5.74) is 1.59. The molecule has 3 rings (SSSR count). The van der Waals surface area contributed by atoms with E-state index < -0.39 is 24.8 Å². The van der Waals surface area contributed by atoms with E-state index in [-0.39, 0.29) is 33.0 Å². The Morgan fingerprint density at radius 1 is 1.52 bits per heavy atom. The lowest BCUT2D eigenvalue weighted by atomic mass is 10.1. The number of imidazole rings is 1. The smallest absolute Gasteiger partial charge is 0.277 e. The van der Waals surface area contributed by atoms with Gasteiger partial charge >= 0.3 is 0 Å². The molecule has 0 radical (unpaired) electrons. The average Bonchev–Trinajstić information content (AvgIpc) is 3.04. The van der Waals surface area contributed by atoms with Crippen LogP contribution >= 0.6 is 27.5 Å². The summed E-state index contributed by atoms with van der Waals surface area (Å²) >= 11 is 9.44. The molecule has 0 bridgehead atoms. The van der Waals surface area contributed by atoms with Crippen LogP contribution < -0.4 is 10.8 Å². The molecule has 27 heavy (non-hydrogen) atoms. The fourth-order valence-corrected chi connectivity index (χ4v) is 3.12.